The normalized spacial score (nSPS) is 14.9. The highest BCUT2D eigenvalue weighted by atomic mass is 19.4. The molecule has 1 aromatic carbocycles. The van der Waals surface area contributed by atoms with Gasteiger partial charge in [-0.25, -0.2) is 14.4 Å². The molecule has 2 aromatic rings. The molecule has 0 radical (unpaired) electrons. The summed E-state index contributed by atoms with van der Waals surface area (Å²) in [6.45, 7) is 0.209. The lowest BCUT2D eigenvalue weighted by atomic mass is 9.85. The molecule has 2 N–H and O–H groups in total. The minimum absolute atomic E-state index is 0.190. The van der Waals surface area contributed by atoms with Crippen molar-refractivity contribution >= 4 is 17.5 Å². The Kier molecular flexibility index (Phi) is 5.86. The SMILES string of the molecule is O=C(NCC1CCC1)c1cnc(Nc2ccc(F)cc2C(F)(F)F)nc1C(F)(F)F. The van der Waals surface area contributed by atoms with Crippen LogP contribution in [0.1, 0.15) is 40.9 Å². The molecule has 12 heteroatoms. The molecule has 162 valence electrons. The first-order valence-corrected chi connectivity index (χ1v) is 8.81. The highest BCUT2D eigenvalue weighted by Crippen LogP contribution is 2.37. The van der Waals surface area contributed by atoms with Gasteiger partial charge < -0.3 is 10.6 Å². The van der Waals surface area contributed by atoms with E-state index in [-0.39, 0.29) is 18.5 Å². The molecule has 1 heterocycles. The lowest BCUT2D eigenvalue weighted by Gasteiger charge is -2.25. The number of carbonyl (C=O) groups excluding carboxylic acids is 1. The molecule has 1 fully saturated rings. The minimum Gasteiger partial charge on any atom is -0.352 e. The molecule has 0 bridgehead atoms. The summed E-state index contributed by atoms with van der Waals surface area (Å²) < 4.78 is 92.6. The molecule has 0 spiro atoms. The van der Waals surface area contributed by atoms with Crippen molar-refractivity contribution in [3.05, 3.63) is 47.0 Å². The third kappa shape index (κ3) is 4.97. The average Bonchev–Trinajstić information content (AvgIpc) is 2.60. The van der Waals surface area contributed by atoms with E-state index in [9.17, 15) is 35.5 Å². The first-order valence-electron chi connectivity index (χ1n) is 8.81. The summed E-state index contributed by atoms with van der Waals surface area (Å²) in [5.74, 6) is -2.83. The standard InChI is InChI=1S/C18H15F7N4O/c19-10-4-5-13(12(6-10)17(20,21)22)28-16-27-8-11(14(29-16)18(23,24)25)15(30)26-7-9-2-1-3-9/h4-6,8-9H,1-3,7H2,(H,26,30)(H,27,28,29). The number of hydrogen-bond donors (Lipinski definition) is 2. The third-order valence-corrected chi connectivity index (χ3v) is 4.61. The largest absolute Gasteiger partial charge is 0.434 e. The molecule has 3 rings (SSSR count). The van der Waals surface area contributed by atoms with E-state index >= 15 is 0 Å². The summed E-state index contributed by atoms with van der Waals surface area (Å²) in [6.07, 6.45) is -6.72. The van der Waals surface area contributed by atoms with Gasteiger partial charge in [0.1, 0.15) is 5.82 Å². The second kappa shape index (κ2) is 8.07. The Bertz CT molecular complexity index is 939. The summed E-state index contributed by atoms with van der Waals surface area (Å²) in [6, 6.07) is 1.59. The highest BCUT2D eigenvalue weighted by Gasteiger charge is 2.39. The first-order chi connectivity index (χ1) is 13.9. The Hall–Kier alpha value is -2.92. The zero-order valence-electron chi connectivity index (χ0n) is 15.2. The Balaban J connectivity index is 1.89. The summed E-state index contributed by atoms with van der Waals surface area (Å²) in [5.41, 5.74) is -4.62. The number of rotatable bonds is 5. The number of amides is 1. The smallest absolute Gasteiger partial charge is 0.352 e. The Morgan fingerprint density at radius 1 is 1.10 bits per heavy atom. The van der Waals surface area contributed by atoms with Gasteiger partial charge in [0, 0.05) is 12.7 Å². The van der Waals surface area contributed by atoms with Crippen LogP contribution >= 0.6 is 0 Å². The summed E-state index contributed by atoms with van der Waals surface area (Å²) in [4.78, 5) is 18.9. The van der Waals surface area contributed by atoms with Crippen LogP contribution in [0.5, 0.6) is 0 Å². The fourth-order valence-corrected chi connectivity index (χ4v) is 2.83. The van der Waals surface area contributed by atoms with E-state index in [2.05, 4.69) is 15.3 Å². The maximum absolute atomic E-state index is 13.4. The maximum Gasteiger partial charge on any atom is 0.434 e. The van der Waals surface area contributed by atoms with Crippen molar-refractivity contribution in [1.82, 2.24) is 15.3 Å². The highest BCUT2D eigenvalue weighted by molar-refractivity contribution is 5.95. The van der Waals surface area contributed by atoms with Gasteiger partial charge in [0.15, 0.2) is 5.69 Å². The minimum atomic E-state index is -5.06. The van der Waals surface area contributed by atoms with Crippen LogP contribution < -0.4 is 10.6 Å². The van der Waals surface area contributed by atoms with E-state index in [1.165, 1.54) is 0 Å². The first kappa shape index (κ1) is 21.8. The van der Waals surface area contributed by atoms with Crippen molar-refractivity contribution in [1.29, 1.82) is 0 Å². The monoisotopic (exact) mass is 436 g/mol. The van der Waals surface area contributed by atoms with E-state index in [1.807, 2.05) is 5.32 Å². The fourth-order valence-electron chi connectivity index (χ4n) is 2.83. The van der Waals surface area contributed by atoms with Gasteiger partial charge in [-0.3, -0.25) is 4.79 Å². The number of benzene rings is 1. The van der Waals surface area contributed by atoms with E-state index < -0.39 is 52.5 Å². The number of nitrogens with zero attached hydrogens (tertiary/aromatic N) is 2. The third-order valence-electron chi connectivity index (χ3n) is 4.61. The van der Waals surface area contributed by atoms with Crippen molar-refractivity contribution in [3.63, 3.8) is 0 Å². The molecule has 30 heavy (non-hydrogen) atoms. The molecule has 1 amide bonds. The molecule has 0 aliphatic heterocycles. The van der Waals surface area contributed by atoms with Gasteiger partial charge in [-0.05, 0) is 37.0 Å². The van der Waals surface area contributed by atoms with Crippen LogP contribution in [0.25, 0.3) is 0 Å². The Morgan fingerprint density at radius 3 is 2.37 bits per heavy atom. The van der Waals surface area contributed by atoms with Crippen LogP contribution in [-0.2, 0) is 12.4 Å². The number of hydrogen-bond acceptors (Lipinski definition) is 4. The van der Waals surface area contributed by atoms with Gasteiger partial charge in [-0.1, -0.05) is 6.42 Å². The number of halogens is 7. The number of aromatic nitrogens is 2. The molecule has 0 atom stereocenters. The van der Waals surface area contributed by atoms with E-state index in [4.69, 9.17) is 0 Å². The second-order valence-electron chi connectivity index (χ2n) is 6.77. The van der Waals surface area contributed by atoms with Crippen molar-refractivity contribution in [2.24, 2.45) is 5.92 Å². The molecule has 1 aliphatic rings. The predicted molar refractivity (Wildman–Crippen MR) is 91.4 cm³/mol. The molecule has 1 aliphatic carbocycles. The number of nitrogens with one attached hydrogen (secondary N) is 2. The van der Waals surface area contributed by atoms with Crippen molar-refractivity contribution < 1.29 is 35.5 Å². The quantitative estimate of drug-likeness (QED) is 0.653. The van der Waals surface area contributed by atoms with Gasteiger partial charge in [-0.15, -0.1) is 0 Å². The van der Waals surface area contributed by atoms with E-state index in [1.54, 1.807) is 0 Å². The average molecular weight is 436 g/mol. The molecular weight excluding hydrogens is 421 g/mol. The molecule has 1 saturated carbocycles. The molecular formula is C18H15F7N4O. The Morgan fingerprint density at radius 2 is 1.80 bits per heavy atom. The molecule has 0 saturated heterocycles. The predicted octanol–water partition coefficient (Wildman–Crippen LogP) is 4.93. The van der Waals surface area contributed by atoms with E-state index in [0.717, 1.165) is 19.3 Å². The van der Waals surface area contributed by atoms with Crippen LogP contribution in [0.2, 0.25) is 0 Å². The summed E-state index contributed by atoms with van der Waals surface area (Å²) in [7, 11) is 0. The summed E-state index contributed by atoms with van der Waals surface area (Å²) in [5, 5.41) is 4.40. The van der Waals surface area contributed by atoms with Gasteiger partial charge >= 0.3 is 12.4 Å². The summed E-state index contributed by atoms with van der Waals surface area (Å²) >= 11 is 0. The van der Waals surface area contributed by atoms with Crippen molar-refractivity contribution in [2.45, 2.75) is 31.6 Å². The lowest BCUT2D eigenvalue weighted by molar-refractivity contribution is -0.141. The van der Waals surface area contributed by atoms with Crippen LogP contribution in [0.4, 0.5) is 42.4 Å². The van der Waals surface area contributed by atoms with Gasteiger partial charge in [0.2, 0.25) is 5.95 Å². The second-order valence-corrected chi connectivity index (χ2v) is 6.77. The Labute approximate surface area is 165 Å². The van der Waals surface area contributed by atoms with Gasteiger partial charge in [0.05, 0.1) is 16.8 Å². The van der Waals surface area contributed by atoms with Crippen LogP contribution in [0.15, 0.2) is 24.4 Å². The van der Waals surface area contributed by atoms with Gasteiger partial charge in [-0.2, -0.15) is 26.3 Å². The van der Waals surface area contributed by atoms with E-state index in [0.29, 0.717) is 18.3 Å². The molecule has 5 nitrogen and oxygen atoms in total. The molecule has 1 aromatic heterocycles. The van der Waals surface area contributed by atoms with Crippen LogP contribution in [0, 0.1) is 11.7 Å². The number of alkyl halides is 6. The van der Waals surface area contributed by atoms with Crippen LogP contribution in [0.3, 0.4) is 0 Å². The zero-order chi connectivity index (χ0) is 22.1. The van der Waals surface area contributed by atoms with Gasteiger partial charge in [0.25, 0.3) is 5.91 Å². The number of carbonyl (C=O) groups is 1. The number of anilines is 2. The topological polar surface area (TPSA) is 66.9 Å². The lowest BCUT2D eigenvalue weighted by Crippen LogP contribution is -2.33. The van der Waals surface area contributed by atoms with Crippen molar-refractivity contribution in [3.8, 4) is 0 Å². The fraction of sp³-hybridized carbons (Fsp3) is 0.389. The van der Waals surface area contributed by atoms with Crippen molar-refractivity contribution in [2.75, 3.05) is 11.9 Å². The van der Waals surface area contributed by atoms with Crippen LogP contribution in [-0.4, -0.2) is 22.4 Å². The maximum atomic E-state index is 13.4. The molecule has 0 unspecified atom stereocenters. The zero-order valence-corrected chi connectivity index (χ0v) is 15.2.